The standard InChI is InChI=1S/C7H6N2O2S2/c10-13(11)9-5-1-2-7-6(3-5)8-4-12-7/h1-4,13H,(H,9,10,11). The molecule has 0 aliphatic carbocycles. The number of hydrogen-bond acceptors (Lipinski definition) is 4. The third kappa shape index (κ3) is 1.78. The molecule has 2 aromatic rings. The second-order valence-electron chi connectivity index (χ2n) is 2.40. The number of benzene rings is 1. The Bertz CT molecular complexity index is 496. The van der Waals surface area contributed by atoms with Crippen molar-refractivity contribution in [3.8, 4) is 0 Å². The molecule has 4 nitrogen and oxygen atoms in total. The van der Waals surface area contributed by atoms with E-state index in [-0.39, 0.29) is 0 Å². The highest BCUT2D eigenvalue weighted by molar-refractivity contribution is 7.73. The molecule has 0 spiro atoms. The molecule has 0 unspecified atom stereocenters. The van der Waals surface area contributed by atoms with E-state index in [0.717, 1.165) is 10.2 Å². The number of aromatic nitrogens is 1. The fourth-order valence-electron chi connectivity index (χ4n) is 1.03. The first-order chi connectivity index (χ1) is 6.25. The summed E-state index contributed by atoms with van der Waals surface area (Å²) in [4.78, 5) is 4.07. The Morgan fingerprint density at radius 3 is 3.00 bits per heavy atom. The average Bonchev–Trinajstić information content (AvgIpc) is 2.49. The lowest BCUT2D eigenvalue weighted by molar-refractivity contribution is 0.619. The molecule has 1 N–H and O–H groups in total. The Morgan fingerprint density at radius 2 is 2.23 bits per heavy atom. The number of fused-ring (bicyclic) bond motifs is 1. The van der Waals surface area contributed by atoms with Crippen molar-refractivity contribution in [2.75, 3.05) is 4.72 Å². The second kappa shape index (κ2) is 3.31. The molecule has 2 rings (SSSR count). The van der Waals surface area contributed by atoms with Gasteiger partial charge in [0.1, 0.15) is 0 Å². The Labute approximate surface area is 80.3 Å². The SMILES string of the molecule is O=[SH](=O)Nc1ccc2scnc2c1. The van der Waals surface area contributed by atoms with Crippen molar-refractivity contribution in [2.24, 2.45) is 0 Å². The zero-order valence-electron chi connectivity index (χ0n) is 6.43. The van der Waals surface area contributed by atoms with Gasteiger partial charge in [0.15, 0.2) is 0 Å². The summed E-state index contributed by atoms with van der Waals surface area (Å²) < 4.78 is 24.1. The zero-order valence-corrected chi connectivity index (χ0v) is 8.14. The van der Waals surface area contributed by atoms with Crippen molar-refractivity contribution >= 4 is 38.1 Å². The smallest absolute Gasteiger partial charge is 0.222 e. The van der Waals surface area contributed by atoms with Crippen LogP contribution in [0.5, 0.6) is 0 Å². The summed E-state index contributed by atoms with van der Waals surface area (Å²) in [6.45, 7) is 0. The fourth-order valence-corrected chi connectivity index (χ4v) is 2.04. The maximum atomic E-state index is 10.4. The minimum atomic E-state index is -2.59. The van der Waals surface area contributed by atoms with Gasteiger partial charge in [0.2, 0.25) is 10.9 Å². The van der Waals surface area contributed by atoms with Crippen LogP contribution >= 0.6 is 11.3 Å². The Hall–Kier alpha value is -1.14. The molecular formula is C7H6N2O2S2. The van der Waals surface area contributed by atoms with E-state index < -0.39 is 10.9 Å². The van der Waals surface area contributed by atoms with E-state index in [4.69, 9.17) is 0 Å². The van der Waals surface area contributed by atoms with Gasteiger partial charge in [-0.1, -0.05) is 0 Å². The van der Waals surface area contributed by atoms with Gasteiger partial charge in [0.05, 0.1) is 21.4 Å². The van der Waals surface area contributed by atoms with Gasteiger partial charge in [0.25, 0.3) is 0 Å². The fraction of sp³-hybridized carbons (Fsp3) is 0. The predicted octanol–water partition coefficient (Wildman–Crippen LogP) is 1.23. The summed E-state index contributed by atoms with van der Waals surface area (Å²) >= 11 is 1.53. The van der Waals surface area contributed by atoms with Crippen LogP contribution in [-0.4, -0.2) is 13.4 Å². The van der Waals surface area contributed by atoms with Crippen LogP contribution in [0.25, 0.3) is 10.2 Å². The largest absolute Gasteiger partial charge is 0.286 e. The van der Waals surface area contributed by atoms with Crippen molar-refractivity contribution in [2.45, 2.75) is 0 Å². The van der Waals surface area contributed by atoms with E-state index in [0.29, 0.717) is 5.69 Å². The molecule has 68 valence electrons. The molecule has 0 bridgehead atoms. The summed E-state index contributed by atoms with van der Waals surface area (Å²) in [7, 11) is -2.59. The molecule has 0 aliphatic heterocycles. The van der Waals surface area contributed by atoms with Gasteiger partial charge in [-0.2, -0.15) is 0 Å². The van der Waals surface area contributed by atoms with Crippen molar-refractivity contribution < 1.29 is 8.42 Å². The number of thiazole rings is 1. The van der Waals surface area contributed by atoms with E-state index in [1.165, 1.54) is 11.3 Å². The molecule has 0 aliphatic rings. The lowest BCUT2D eigenvalue weighted by Crippen LogP contribution is -1.93. The lowest BCUT2D eigenvalue weighted by atomic mass is 10.3. The first-order valence-corrected chi connectivity index (χ1v) is 5.56. The molecule has 0 atom stereocenters. The van der Waals surface area contributed by atoms with Crippen LogP contribution < -0.4 is 4.72 Å². The van der Waals surface area contributed by atoms with Crippen LogP contribution in [-0.2, 0) is 10.9 Å². The number of thiol groups is 1. The maximum Gasteiger partial charge on any atom is 0.222 e. The minimum absolute atomic E-state index is 0.550. The Kier molecular flexibility index (Phi) is 2.15. The summed E-state index contributed by atoms with van der Waals surface area (Å²) in [6.07, 6.45) is 0. The summed E-state index contributed by atoms with van der Waals surface area (Å²) in [6, 6.07) is 5.26. The van der Waals surface area contributed by atoms with Gasteiger partial charge in [-0.15, -0.1) is 11.3 Å². The monoisotopic (exact) mass is 214 g/mol. The van der Waals surface area contributed by atoms with Crippen LogP contribution in [0.2, 0.25) is 0 Å². The minimum Gasteiger partial charge on any atom is -0.286 e. The number of rotatable bonds is 2. The number of anilines is 1. The van der Waals surface area contributed by atoms with Crippen LogP contribution in [0.1, 0.15) is 0 Å². The Morgan fingerprint density at radius 1 is 1.38 bits per heavy atom. The highest BCUT2D eigenvalue weighted by Crippen LogP contribution is 2.21. The van der Waals surface area contributed by atoms with E-state index in [9.17, 15) is 8.42 Å². The molecule has 1 aromatic carbocycles. The maximum absolute atomic E-state index is 10.4. The zero-order chi connectivity index (χ0) is 9.26. The topological polar surface area (TPSA) is 59.1 Å². The third-order valence-electron chi connectivity index (χ3n) is 1.55. The molecule has 1 heterocycles. The van der Waals surface area contributed by atoms with E-state index in [2.05, 4.69) is 9.71 Å². The van der Waals surface area contributed by atoms with Crippen molar-refractivity contribution in [3.63, 3.8) is 0 Å². The van der Waals surface area contributed by atoms with E-state index in [1.807, 2.05) is 6.07 Å². The molecule has 13 heavy (non-hydrogen) atoms. The van der Waals surface area contributed by atoms with Gasteiger partial charge in [-0.3, -0.25) is 4.72 Å². The average molecular weight is 214 g/mol. The molecular weight excluding hydrogens is 208 g/mol. The van der Waals surface area contributed by atoms with Crippen molar-refractivity contribution in [1.29, 1.82) is 0 Å². The first kappa shape index (κ1) is 8.46. The molecule has 0 radical (unpaired) electrons. The number of hydrogen-bond donors (Lipinski definition) is 2. The number of nitrogens with one attached hydrogen (secondary N) is 1. The van der Waals surface area contributed by atoms with Crippen molar-refractivity contribution in [1.82, 2.24) is 4.98 Å². The van der Waals surface area contributed by atoms with Gasteiger partial charge in [0, 0.05) is 0 Å². The summed E-state index contributed by atoms with van der Waals surface area (Å²) in [5.41, 5.74) is 3.09. The van der Waals surface area contributed by atoms with E-state index >= 15 is 0 Å². The number of nitrogens with zero attached hydrogens (tertiary/aromatic N) is 1. The molecule has 1 aromatic heterocycles. The first-order valence-electron chi connectivity index (χ1n) is 3.50. The quantitative estimate of drug-likeness (QED) is 0.739. The van der Waals surface area contributed by atoms with Crippen molar-refractivity contribution in [3.05, 3.63) is 23.7 Å². The predicted molar refractivity (Wildman–Crippen MR) is 53.6 cm³/mol. The third-order valence-corrected chi connectivity index (χ3v) is 2.80. The Balaban J connectivity index is 2.48. The van der Waals surface area contributed by atoms with Gasteiger partial charge >= 0.3 is 0 Å². The highest BCUT2D eigenvalue weighted by Gasteiger charge is 1.97. The van der Waals surface area contributed by atoms with Gasteiger partial charge < -0.3 is 0 Å². The van der Waals surface area contributed by atoms with Gasteiger partial charge in [-0.25, -0.2) is 13.4 Å². The van der Waals surface area contributed by atoms with Crippen LogP contribution in [0, 0.1) is 0 Å². The molecule has 6 heteroatoms. The molecule has 0 saturated heterocycles. The molecule has 0 amide bonds. The molecule has 0 saturated carbocycles. The van der Waals surface area contributed by atoms with E-state index in [1.54, 1.807) is 17.6 Å². The second-order valence-corrected chi connectivity index (χ2v) is 4.03. The van der Waals surface area contributed by atoms with Crippen LogP contribution in [0.4, 0.5) is 5.69 Å². The van der Waals surface area contributed by atoms with Crippen LogP contribution in [0.3, 0.4) is 0 Å². The van der Waals surface area contributed by atoms with Gasteiger partial charge in [-0.05, 0) is 18.2 Å². The molecule has 0 fully saturated rings. The normalized spacial score (nSPS) is 10.8. The lowest BCUT2D eigenvalue weighted by Gasteiger charge is -1.96. The summed E-state index contributed by atoms with van der Waals surface area (Å²) in [5.74, 6) is 0. The highest BCUT2D eigenvalue weighted by atomic mass is 32.2. The summed E-state index contributed by atoms with van der Waals surface area (Å²) in [5, 5.41) is 0. The van der Waals surface area contributed by atoms with Crippen LogP contribution in [0.15, 0.2) is 23.7 Å².